The van der Waals surface area contributed by atoms with Gasteiger partial charge in [-0.1, -0.05) is 59.6 Å². The van der Waals surface area contributed by atoms with Gasteiger partial charge >= 0.3 is 0 Å². The Bertz CT molecular complexity index is 1090. The molecule has 0 radical (unpaired) electrons. The lowest BCUT2D eigenvalue weighted by molar-refractivity contribution is 0.282. The molecule has 0 bridgehead atoms. The van der Waals surface area contributed by atoms with Crippen molar-refractivity contribution in [2.24, 2.45) is 0 Å². The average molecular weight is 489 g/mol. The first kappa shape index (κ1) is 21.3. The first-order valence-corrected chi connectivity index (χ1v) is 10.2. The van der Waals surface area contributed by atoms with Crippen LogP contribution in [-0.2, 0) is 6.61 Å². The minimum absolute atomic E-state index is 0.412. The van der Waals surface area contributed by atoms with Crippen molar-refractivity contribution in [3.63, 3.8) is 0 Å². The van der Waals surface area contributed by atoms with Crippen molar-refractivity contribution in [2.45, 2.75) is 6.61 Å². The van der Waals surface area contributed by atoms with Crippen LogP contribution in [0.25, 0.3) is 11.6 Å². The molecule has 0 atom stereocenters. The Morgan fingerprint density at radius 3 is 2.52 bits per heavy atom. The number of hydrogen-bond donors (Lipinski definition) is 0. The summed E-state index contributed by atoms with van der Waals surface area (Å²) in [6, 6.07) is 20.8. The lowest BCUT2D eigenvalue weighted by Crippen LogP contribution is -1.99. The maximum Gasteiger partial charge on any atom is 0.175 e. The van der Waals surface area contributed by atoms with Crippen molar-refractivity contribution in [2.75, 3.05) is 7.11 Å². The zero-order valence-corrected chi connectivity index (χ0v) is 18.6. The molecule has 3 nitrogen and oxygen atoms in total. The topological polar surface area (TPSA) is 42.2 Å². The van der Waals surface area contributed by atoms with E-state index in [1.807, 2.05) is 42.5 Å². The van der Waals surface area contributed by atoms with Gasteiger partial charge in [-0.2, -0.15) is 5.26 Å². The molecule has 0 spiro atoms. The van der Waals surface area contributed by atoms with Crippen LogP contribution >= 0.6 is 39.1 Å². The quantitative estimate of drug-likeness (QED) is 0.268. The molecule has 6 heteroatoms. The van der Waals surface area contributed by atoms with Crippen LogP contribution in [0, 0.1) is 11.3 Å². The highest BCUT2D eigenvalue weighted by Gasteiger charge is 2.13. The van der Waals surface area contributed by atoms with Gasteiger partial charge in [-0.05, 0) is 57.4 Å². The maximum absolute atomic E-state index is 9.62. The molecule has 3 aromatic carbocycles. The molecule has 0 aliphatic carbocycles. The van der Waals surface area contributed by atoms with Crippen LogP contribution < -0.4 is 9.47 Å². The van der Waals surface area contributed by atoms with Gasteiger partial charge in [0.05, 0.1) is 28.2 Å². The van der Waals surface area contributed by atoms with Crippen LogP contribution in [0.15, 0.2) is 65.1 Å². The molecular formula is C23H16BrCl2NO2. The summed E-state index contributed by atoms with van der Waals surface area (Å²) in [7, 11) is 1.58. The average Bonchev–Trinajstić information content (AvgIpc) is 2.72. The van der Waals surface area contributed by atoms with Crippen LogP contribution in [0.3, 0.4) is 0 Å². The van der Waals surface area contributed by atoms with E-state index >= 15 is 0 Å². The molecule has 0 saturated carbocycles. The Morgan fingerprint density at radius 1 is 1.10 bits per heavy atom. The number of ether oxygens (including phenoxy) is 2. The summed E-state index contributed by atoms with van der Waals surface area (Å²) >= 11 is 15.8. The van der Waals surface area contributed by atoms with Gasteiger partial charge in [-0.3, -0.25) is 0 Å². The Morgan fingerprint density at radius 2 is 1.86 bits per heavy atom. The summed E-state index contributed by atoms with van der Waals surface area (Å²) in [6.45, 7) is 0.412. The normalized spacial score (nSPS) is 11.1. The van der Waals surface area contributed by atoms with E-state index in [4.69, 9.17) is 32.7 Å². The number of nitrogens with zero attached hydrogens (tertiary/aromatic N) is 1. The molecule has 0 amide bonds. The van der Waals surface area contributed by atoms with Gasteiger partial charge in [0.25, 0.3) is 0 Å². The summed E-state index contributed by atoms with van der Waals surface area (Å²) in [6.07, 6.45) is 1.74. The molecule has 0 saturated heterocycles. The third-order valence-electron chi connectivity index (χ3n) is 4.13. The third kappa shape index (κ3) is 5.33. The number of methoxy groups -OCH3 is 1. The van der Waals surface area contributed by atoms with Crippen molar-refractivity contribution in [1.29, 1.82) is 5.26 Å². The number of allylic oxidation sites excluding steroid dienone is 1. The summed E-state index contributed by atoms with van der Waals surface area (Å²) < 4.78 is 12.2. The predicted octanol–water partition coefficient (Wildman–Crippen LogP) is 7.41. The Labute approximate surface area is 188 Å². The molecule has 0 aliphatic rings. The van der Waals surface area contributed by atoms with E-state index in [1.165, 1.54) is 0 Å². The molecule has 0 aromatic heterocycles. The molecule has 3 rings (SSSR count). The van der Waals surface area contributed by atoms with Crippen molar-refractivity contribution >= 4 is 50.8 Å². The van der Waals surface area contributed by atoms with Crippen LogP contribution in [0.5, 0.6) is 11.5 Å². The van der Waals surface area contributed by atoms with Gasteiger partial charge in [0, 0.05) is 10.6 Å². The van der Waals surface area contributed by atoms with E-state index in [1.54, 1.807) is 31.4 Å². The molecular weight excluding hydrogens is 473 g/mol. The molecule has 0 unspecified atom stereocenters. The van der Waals surface area contributed by atoms with Crippen molar-refractivity contribution in [3.8, 4) is 17.6 Å². The van der Waals surface area contributed by atoms with E-state index < -0.39 is 0 Å². The molecule has 3 aromatic rings. The van der Waals surface area contributed by atoms with E-state index in [9.17, 15) is 5.26 Å². The summed E-state index contributed by atoms with van der Waals surface area (Å²) in [5, 5.41) is 10.5. The van der Waals surface area contributed by atoms with Crippen LogP contribution in [0.1, 0.15) is 16.7 Å². The molecule has 0 fully saturated rings. The highest BCUT2D eigenvalue weighted by atomic mass is 79.9. The van der Waals surface area contributed by atoms with Gasteiger partial charge in [0.1, 0.15) is 6.61 Å². The highest BCUT2D eigenvalue weighted by Crippen LogP contribution is 2.38. The molecule has 0 heterocycles. The SMILES string of the molecule is COc1cc(/C=C(\C#N)c2ccc(Cl)cc2Cl)cc(Br)c1OCc1ccccc1. The van der Waals surface area contributed by atoms with E-state index in [0.717, 1.165) is 15.6 Å². The second kappa shape index (κ2) is 9.84. The first-order chi connectivity index (χ1) is 14.0. The first-order valence-electron chi connectivity index (χ1n) is 8.63. The number of rotatable bonds is 6. The number of halogens is 3. The summed E-state index contributed by atoms with van der Waals surface area (Å²) in [5.74, 6) is 1.15. The fourth-order valence-electron chi connectivity index (χ4n) is 2.74. The van der Waals surface area contributed by atoms with Gasteiger partial charge in [-0.25, -0.2) is 0 Å². The van der Waals surface area contributed by atoms with E-state index in [2.05, 4.69) is 22.0 Å². The minimum Gasteiger partial charge on any atom is -0.493 e. The van der Waals surface area contributed by atoms with Crippen LogP contribution in [0.4, 0.5) is 0 Å². The minimum atomic E-state index is 0.412. The monoisotopic (exact) mass is 487 g/mol. The maximum atomic E-state index is 9.62. The van der Waals surface area contributed by atoms with E-state index in [-0.39, 0.29) is 0 Å². The van der Waals surface area contributed by atoms with E-state index in [0.29, 0.717) is 39.3 Å². The third-order valence-corrected chi connectivity index (χ3v) is 5.27. The summed E-state index contributed by atoms with van der Waals surface area (Å²) in [5.41, 5.74) is 2.84. The number of benzene rings is 3. The predicted molar refractivity (Wildman–Crippen MR) is 121 cm³/mol. The van der Waals surface area contributed by atoms with Crippen molar-refractivity contribution in [1.82, 2.24) is 0 Å². The highest BCUT2D eigenvalue weighted by molar-refractivity contribution is 9.10. The van der Waals surface area contributed by atoms with Crippen molar-refractivity contribution < 1.29 is 9.47 Å². The summed E-state index contributed by atoms with van der Waals surface area (Å²) in [4.78, 5) is 0. The lowest BCUT2D eigenvalue weighted by atomic mass is 10.0. The second-order valence-electron chi connectivity index (χ2n) is 6.10. The standard InChI is InChI=1S/C23H16BrCl2NO2/c1-28-22-11-16(9-17(13-27)19-8-7-18(25)12-21(19)26)10-20(24)23(22)29-14-15-5-3-2-4-6-15/h2-12H,14H2,1H3/b17-9+. The Balaban J connectivity index is 1.93. The Hall–Kier alpha value is -2.45. The number of nitriles is 1. The smallest absolute Gasteiger partial charge is 0.175 e. The van der Waals surface area contributed by atoms with Gasteiger partial charge in [0.15, 0.2) is 11.5 Å². The Kier molecular flexibility index (Phi) is 7.22. The van der Waals surface area contributed by atoms with Gasteiger partial charge < -0.3 is 9.47 Å². The van der Waals surface area contributed by atoms with Gasteiger partial charge in [-0.15, -0.1) is 0 Å². The molecule has 0 aliphatic heterocycles. The van der Waals surface area contributed by atoms with Crippen LogP contribution in [0.2, 0.25) is 10.0 Å². The van der Waals surface area contributed by atoms with Crippen molar-refractivity contribution in [3.05, 3.63) is 91.9 Å². The zero-order valence-electron chi connectivity index (χ0n) is 15.5. The number of hydrogen-bond acceptors (Lipinski definition) is 3. The molecule has 0 N–H and O–H groups in total. The fourth-order valence-corrected chi connectivity index (χ4v) is 3.82. The second-order valence-corrected chi connectivity index (χ2v) is 7.80. The molecule has 29 heavy (non-hydrogen) atoms. The fraction of sp³-hybridized carbons (Fsp3) is 0.0870. The van der Waals surface area contributed by atoms with Gasteiger partial charge in [0.2, 0.25) is 0 Å². The molecule has 146 valence electrons. The zero-order chi connectivity index (χ0) is 20.8. The largest absolute Gasteiger partial charge is 0.493 e. The lowest BCUT2D eigenvalue weighted by Gasteiger charge is -2.14. The van der Waals surface area contributed by atoms with Crippen LogP contribution in [-0.4, -0.2) is 7.11 Å².